The SMILES string of the molecule is Cc1cc2c(F)cccc2nc1C. The Morgan fingerprint density at radius 2 is 2.00 bits per heavy atom. The van der Waals surface area contributed by atoms with E-state index in [1.807, 2.05) is 26.0 Å². The number of benzene rings is 1. The molecule has 0 radical (unpaired) electrons. The molecule has 0 bridgehead atoms. The summed E-state index contributed by atoms with van der Waals surface area (Å²) >= 11 is 0. The Bertz CT molecular complexity index is 463. The second kappa shape index (κ2) is 2.80. The molecule has 0 fully saturated rings. The summed E-state index contributed by atoms with van der Waals surface area (Å²) in [6.07, 6.45) is 0. The highest BCUT2D eigenvalue weighted by Gasteiger charge is 2.02. The van der Waals surface area contributed by atoms with Crippen LogP contribution in [0.2, 0.25) is 0 Å². The molecule has 13 heavy (non-hydrogen) atoms. The van der Waals surface area contributed by atoms with E-state index in [-0.39, 0.29) is 5.82 Å². The molecule has 2 aromatic rings. The molecule has 0 atom stereocenters. The maximum atomic E-state index is 13.3. The Kier molecular flexibility index (Phi) is 1.76. The summed E-state index contributed by atoms with van der Waals surface area (Å²) in [5.41, 5.74) is 2.71. The smallest absolute Gasteiger partial charge is 0.132 e. The van der Waals surface area contributed by atoms with E-state index in [1.54, 1.807) is 6.07 Å². The zero-order valence-corrected chi connectivity index (χ0v) is 7.63. The third-order valence-corrected chi connectivity index (χ3v) is 2.25. The van der Waals surface area contributed by atoms with E-state index in [4.69, 9.17) is 0 Å². The summed E-state index contributed by atoms with van der Waals surface area (Å²) in [6, 6.07) is 6.80. The number of fused-ring (bicyclic) bond motifs is 1. The van der Waals surface area contributed by atoms with Crippen LogP contribution in [0.1, 0.15) is 11.3 Å². The molecule has 66 valence electrons. The topological polar surface area (TPSA) is 12.9 Å². The van der Waals surface area contributed by atoms with Gasteiger partial charge in [0.15, 0.2) is 0 Å². The number of aromatic nitrogens is 1. The van der Waals surface area contributed by atoms with Crippen LogP contribution in [0.5, 0.6) is 0 Å². The average Bonchev–Trinajstić information content (AvgIpc) is 2.09. The fraction of sp³-hybridized carbons (Fsp3) is 0.182. The number of nitrogens with zero attached hydrogens (tertiary/aromatic N) is 1. The molecule has 2 rings (SSSR count). The average molecular weight is 175 g/mol. The van der Waals surface area contributed by atoms with Crippen LogP contribution in [0.15, 0.2) is 24.3 Å². The van der Waals surface area contributed by atoms with Gasteiger partial charge in [-0.1, -0.05) is 6.07 Å². The van der Waals surface area contributed by atoms with Crippen molar-refractivity contribution in [3.05, 3.63) is 41.3 Å². The third kappa shape index (κ3) is 1.28. The van der Waals surface area contributed by atoms with Crippen LogP contribution in [-0.4, -0.2) is 4.98 Å². The number of pyridine rings is 1. The first-order valence-corrected chi connectivity index (χ1v) is 4.21. The van der Waals surface area contributed by atoms with Gasteiger partial charge in [-0.3, -0.25) is 4.98 Å². The Hall–Kier alpha value is -1.44. The Morgan fingerprint density at radius 3 is 2.77 bits per heavy atom. The lowest BCUT2D eigenvalue weighted by Gasteiger charge is -2.02. The molecule has 1 aromatic heterocycles. The first-order chi connectivity index (χ1) is 6.18. The molecule has 1 aromatic carbocycles. The van der Waals surface area contributed by atoms with Crippen molar-refractivity contribution in [3.63, 3.8) is 0 Å². The predicted octanol–water partition coefficient (Wildman–Crippen LogP) is 2.99. The highest BCUT2D eigenvalue weighted by atomic mass is 19.1. The minimum Gasteiger partial charge on any atom is -0.253 e. The quantitative estimate of drug-likeness (QED) is 0.599. The van der Waals surface area contributed by atoms with Crippen molar-refractivity contribution in [1.82, 2.24) is 4.98 Å². The standard InChI is InChI=1S/C11H10FN/c1-7-6-9-10(12)4-3-5-11(9)13-8(7)2/h3-6H,1-2H3. The molecule has 0 amide bonds. The first kappa shape index (κ1) is 8.17. The molecule has 0 aliphatic heterocycles. The minimum absolute atomic E-state index is 0.201. The summed E-state index contributed by atoms with van der Waals surface area (Å²) in [5.74, 6) is -0.201. The van der Waals surface area contributed by atoms with Gasteiger partial charge >= 0.3 is 0 Å². The summed E-state index contributed by atoms with van der Waals surface area (Å²) in [7, 11) is 0. The zero-order chi connectivity index (χ0) is 9.42. The van der Waals surface area contributed by atoms with Crippen LogP contribution >= 0.6 is 0 Å². The van der Waals surface area contributed by atoms with Crippen molar-refractivity contribution >= 4 is 10.9 Å². The summed E-state index contributed by atoms with van der Waals surface area (Å²) in [6.45, 7) is 3.87. The number of hydrogen-bond donors (Lipinski definition) is 0. The Morgan fingerprint density at radius 1 is 1.23 bits per heavy atom. The molecule has 0 unspecified atom stereocenters. The molecule has 2 heteroatoms. The van der Waals surface area contributed by atoms with E-state index in [2.05, 4.69) is 4.98 Å². The van der Waals surface area contributed by atoms with Crippen LogP contribution < -0.4 is 0 Å². The van der Waals surface area contributed by atoms with E-state index in [1.165, 1.54) is 6.07 Å². The fourth-order valence-corrected chi connectivity index (χ4v) is 1.36. The van der Waals surface area contributed by atoms with Gasteiger partial charge in [0.2, 0.25) is 0 Å². The molecular formula is C11H10FN. The second-order valence-corrected chi connectivity index (χ2v) is 3.20. The van der Waals surface area contributed by atoms with Crippen LogP contribution in [-0.2, 0) is 0 Å². The lowest BCUT2D eigenvalue weighted by molar-refractivity contribution is 0.639. The number of hydrogen-bond acceptors (Lipinski definition) is 1. The Labute approximate surface area is 76.2 Å². The van der Waals surface area contributed by atoms with Crippen molar-refractivity contribution in [2.24, 2.45) is 0 Å². The first-order valence-electron chi connectivity index (χ1n) is 4.21. The van der Waals surface area contributed by atoms with Gasteiger partial charge in [-0.05, 0) is 37.6 Å². The van der Waals surface area contributed by atoms with Crippen molar-refractivity contribution in [1.29, 1.82) is 0 Å². The van der Waals surface area contributed by atoms with Crippen LogP contribution in [0.4, 0.5) is 4.39 Å². The monoisotopic (exact) mass is 175 g/mol. The van der Waals surface area contributed by atoms with Crippen LogP contribution in [0, 0.1) is 19.7 Å². The van der Waals surface area contributed by atoms with E-state index in [9.17, 15) is 4.39 Å². The van der Waals surface area contributed by atoms with Gasteiger partial charge in [-0.25, -0.2) is 4.39 Å². The molecule has 0 saturated heterocycles. The molecule has 0 spiro atoms. The maximum absolute atomic E-state index is 13.3. The van der Waals surface area contributed by atoms with Gasteiger partial charge in [-0.15, -0.1) is 0 Å². The van der Waals surface area contributed by atoms with Gasteiger partial charge in [0.25, 0.3) is 0 Å². The van der Waals surface area contributed by atoms with Gasteiger partial charge in [0.05, 0.1) is 5.52 Å². The predicted molar refractivity (Wildman–Crippen MR) is 51.2 cm³/mol. The molecular weight excluding hydrogens is 165 g/mol. The highest BCUT2D eigenvalue weighted by Crippen LogP contribution is 2.18. The largest absolute Gasteiger partial charge is 0.253 e. The van der Waals surface area contributed by atoms with Crippen molar-refractivity contribution in [2.45, 2.75) is 13.8 Å². The second-order valence-electron chi connectivity index (χ2n) is 3.20. The van der Waals surface area contributed by atoms with E-state index in [0.29, 0.717) is 5.39 Å². The zero-order valence-electron chi connectivity index (χ0n) is 7.63. The number of aryl methyl sites for hydroxylation is 2. The summed E-state index contributed by atoms with van der Waals surface area (Å²) < 4.78 is 13.3. The lowest BCUT2D eigenvalue weighted by Crippen LogP contribution is -1.89. The Balaban J connectivity index is 2.89. The van der Waals surface area contributed by atoms with Crippen LogP contribution in [0.3, 0.4) is 0 Å². The minimum atomic E-state index is -0.201. The molecule has 0 N–H and O–H groups in total. The highest BCUT2D eigenvalue weighted by molar-refractivity contribution is 5.80. The van der Waals surface area contributed by atoms with Crippen molar-refractivity contribution in [2.75, 3.05) is 0 Å². The molecule has 0 aliphatic rings. The van der Waals surface area contributed by atoms with E-state index >= 15 is 0 Å². The third-order valence-electron chi connectivity index (χ3n) is 2.25. The van der Waals surface area contributed by atoms with Crippen LogP contribution in [0.25, 0.3) is 10.9 Å². The molecule has 1 nitrogen and oxygen atoms in total. The molecule has 1 heterocycles. The maximum Gasteiger partial charge on any atom is 0.132 e. The van der Waals surface area contributed by atoms with Gasteiger partial charge in [0.1, 0.15) is 5.82 Å². The molecule has 0 aliphatic carbocycles. The van der Waals surface area contributed by atoms with Crippen molar-refractivity contribution < 1.29 is 4.39 Å². The van der Waals surface area contributed by atoms with Gasteiger partial charge in [-0.2, -0.15) is 0 Å². The number of rotatable bonds is 0. The summed E-state index contributed by atoms with van der Waals surface area (Å²) in [4.78, 5) is 4.30. The molecule has 0 saturated carbocycles. The normalized spacial score (nSPS) is 10.7. The summed E-state index contributed by atoms with van der Waals surface area (Å²) in [5, 5.41) is 0.602. The van der Waals surface area contributed by atoms with E-state index < -0.39 is 0 Å². The fourth-order valence-electron chi connectivity index (χ4n) is 1.36. The van der Waals surface area contributed by atoms with Crippen molar-refractivity contribution in [3.8, 4) is 0 Å². The number of halogens is 1. The lowest BCUT2D eigenvalue weighted by atomic mass is 10.1. The van der Waals surface area contributed by atoms with E-state index in [0.717, 1.165) is 16.8 Å². The van der Waals surface area contributed by atoms with Gasteiger partial charge in [0, 0.05) is 11.1 Å². The van der Waals surface area contributed by atoms with Gasteiger partial charge < -0.3 is 0 Å².